The Morgan fingerprint density at radius 1 is 0.973 bits per heavy atom. The smallest absolute Gasteiger partial charge is 0.274 e. The Bertz CT molecular complexity index is 1370. The second-order valence-electron chi connectivity index (χ2n) is 9.60. The Kier molecular flexibility index (Phi) is 7.52. The van der Waals surface area contributed by atoms with Crippen molar-refractivity contribution in [3.63, 3.8) is 0 Å². The van der Waals surface area contributed by atoms with Crippen molar-refractivity contribution in [2.45, 2.75) is 25.2 Å². The Morgan fingerprint density at radius 2 is 1.73 bits per heavy atom. The van der Waals surface area contributed by atoms with Crippen LogP contribution in [0.1, 0.15) is 40.7 Å². The predicted molar refractivity (Wildman–Crippen MR) is 149 cm³/mol. The first-order chi connectivity index (χ1) is 18.0. The Morgan fingerprint density at radius 3 is 2.46 bits per heavy atom. The van der Waals surface area contributed by atoms with E-state index < -0.39 is 0 Å². The summed E-state index contributed by atoms with van der Waals surface area (Å²) in [6, 6.07) is 19.2. The summed E-state index contributed by atoms with van der Waals surface area (Å²) in [5, 5.41) is 13.8. The Balaban J connectivity index is 1.44. The summed E-state index contributed by atoms with van der Waals surface area (Å²) in [7, 11) is 6.05. The van der Waals surface area contributed by atoms with Gasteiger partial charge in [0.15, 0.2) is 5.82 Å². The summed E-state index contributed by atoms with van der Waals surface area (Å²) >= 11 is 1.61. The second kappa shape index (κ2) is 11.1. The average Bonchev–Trinajstić information content (AvgIpc) is 3.36. The molecule has 1 N–H and O–H groups in total. The second-order valence-corrected chi connectivity index (χ2v) is 10.6. The summed E-state index contributed by atoms with van der Waals surface area (Å²) < 4.78 is 0. The summed E-state index contributed by atoms with van der Waals surface area (Å²) in [6.45, 7) is 1.63. The van der Waals surface area contributed by atoms with Crippen molar-refractivity contribution >= 4 is 28.7 Å². The largest absolute Gasteiger partial charge is 0.358 e. The van der Waals surface area contributed by atoms with Crippen molar-refractivity contribution in [1.82, 2.24) is 25.1 Å². The van der Waals surface area contributed by atoms with E-state index in [9.17, 15) is 4.79 Å². The van der Waals surface area contributed by atoms with Crippen molar-refractivity contribution < 1.29 is 4.79 Å². The van der Waals surface area contributed by atoms with E-state index >= 15 is 0 Å². The molecule has 9 heteroatoms. The Labute approximate surface area is 221 Å². The maximum atomic E-state index is 13.5. The van der Waals surface area contributed by atoms with Gasteiger partial charge in [-0.05, 0) is 39.1 Å². The summed E-state index contributed by atoms with van der Waals surface area (Å²) in [4.78, 5) is 27.1. The van der Waals surface area contributed by atoms with E-state index in [1.807, 2.05) is 80.6 Å². The molecule has 1 fully saturated rings. The van der Waals surface area contributed by atoms with Crippen LogP contribution in [0.3, 0.4) is 0 Å². The molecule has 37 heavy (non-hydrogen) atoms. The van der Waals surface area contributed by atoms with Gasteiger partial charge in [0.2, 0.25) is 0 Å². The molecule has 8 nitrogen and oxygen atoms in total. The topological polar surface area (TPSA) is 87.1 Å². The van der Waals surface area contributed by atoms with E-state index in [4.69, 9.17) is 4.98 Å². The highest BCUT2D eigenvalue weighted by molar-refractivity contribution is 7.14. The molecule has 1 saturated carbocycles. The third kappa shape index (κ3) is 5.84. The van der Waals surface area contributed by atoms with Gasteiger partial charge in [0, 0.05) is 43.2 Å². The number of hydrogen-bond acceptors (Lipinski definition) is 8. The number of nitrogens with zero attached hydrogens (tertiary/aromatic N) is 6. The highest BCUT2D eigenvalue weighted by atomic mass is 32.1. The van der Waals surface area contributed by atoms with Crippen molar-refractivity contribution in [2.75, 3.05) is 44.4 Å². The number of rotatable bonds is 9. The highest BCUT2D eigenvalue weighted by Gasteiger charge is 2.24. The quantitative estimate of drug-likeness (QED) is 0.330. The number of para-hydroxylation sites is 1. The van der Waals surface area contributed by atoms with Crippen LogP contribution < -0.4 is 10.2 Å². The number of hydrogen-bond donors (Lipinski definition) is 1. The minimum Gasteiger partial charge on any atom is -0.358 e. The molecule has 0 spiro atoms. The van der Waals surface area contributed by atoms with E-state index in [1.54, 1.807) is 17.4 Å². The molecular formula is C28H31N7OS. The van der Waals surface area contributed by atoms with Crippen LogP contribution in [-0.4, -0.2) is 65.2 Å². The average molecular weight is 514 g/mol. The molecule has 2 aromatic heterocycles. The monoisotopic (exact) mass is 513 g/mol. The van der Waals surface area contributed by atoms with Crippen LogP contribution in [0.15, 0.2) is 60.7 Å². The maximum absolute atomic E-state index is 13.5. The lowest BCUT2D eigenvalue weighted by atomic mass is 9.86. The minimum atomic E-state index is -0.293. The van der Waals surface area contributed by atoms with Gasteiger partial charge >= 0.3 is 0 Å². The van der Waals surface area contributed by atoms with Gasteiger partial charge in [-0.2, -0.15) is 0 Å². The third-order valence-corrected chi connectivity index (χ3v) is 7.67. The molecule has 0 bridgehead atoms. The number of carbonyl (C=O) groups is 1. The molecule has 0 atom stereocenters. The third-order valence-electron chi connectivity index (χ3n) is 6.55. The SMILES string of the molecule is CN(C)CCN(C)c1cc(C(=O)Nc2ccccc2-c2nnc(C3CCC3)s2)nc(-c2ccccc2)n1. The molecule has 0 aliphatic heterocycles. The molecule has 2 aromatic carbocycles. The van der Waals surface area contributed by atoms with Crippen LogP contribution in [0.5, 0.6) is 0 Å². The van der Waals surface area contributed by atoms with Crippen LogP contribution in [0.2, 0.25) is 0 Å². The summed E-state index contributed by atoms with van der Waals surface area (Å²) in [6.07, 6.45) is 3.61. The molecular weight excluding hydrogens is 482 g/mol. The maximum Gasteiger partial charge on any atom is 0.274 e. The molecule has 1 amide bonds. The van der Waals surface area contributed by atoms with Gasteiger partial charge < -0.3 is 15.1 Å². The van der Waals surface area contributed by atoms with E-state index in [2.05, 4.69) is 25.4 Å². The number of likely N-dealkylation sites (N-methyl/N-ethyl adjacent to an activating group) is 2. The number of nitrogens with one attached hydrogen (secondary N) is 1. The first-order valence-corrected chi connectivity index (χ1v) is 13.3. The van der Waals surface area contributed by atoms with Crippen LogP contribution in [-0.2, 0) is 0 Å². The molecule has 1 aliphatic carbocycles. The zero-order chi connectivity index (χ0) is 25.8. The normalized spacial score (nSPS) is 13.4. The standard InChI is InChI=1S/C28H31N7OS/c1-34(2)16-17-35(3)24-18-23(29-25(31-24)19-10-5-4-6-11-19)26(36)30-22-15-8-7-14-21(22)28-33-32-27(37-28)20-12-9-13-20/h4-8,10-11,14-15,18,20H,9,12-13,16-17H2,1-3H3,(H,30,36). The molecule has 0 unspecified atom stereocenters. The summed E-state index contributed by atoms with van der Waals surface area (Å²) in [5.74, 6) is 1.44. The number of amides is 1. The fourth-order valence-electron chi connectivity index (χ4n) is 4.06. The van der Waals surface area contributed by atoms with E-state index in [0.29, 0.717) is 28.9 Å². The highest BCUT2D eigenvalue weighted by Crippen LogP contribution is 2.40. The van der Waals surface area contributed by atoms with Crippen molar-refractivity contribution in [3.8, 4) is 22.0 Å². The number of aromatic nitrogens is 4. The zero-order valence-electron chi connectivity index (χ0n) is 21.4. The molecule has 2 heterocycles. The van der Waals surface area contributed by atoms with Gasteiger partial charge in [0.25, 0.3) is 5.91 Å². The summed E-state index contributed by atoms with van der Waals surface area (Å²) in [5.41, 5.74) is 2.71. The lowest BCUT2D eigenvalue weighted by Crippen LogP contribution is -2.29. The molecule has 4 aromatic rings. The van der Waals surface area contributed by atoms with E-state index in [0.717, 1.165) is 34.2 Å². The van der Waals surface area contributed by atoms with Gasteiger partial charge in [-0.3, -0.25) is 4.79 Å². The first kappa shape index (κ1) is 25.0. The van der Waals surface area contributed by atoms with Gasteiger partial charge in [-0.1, -0.05) is 60.2 Å². The molecule has 190 valence electrons. The molecule has 5 rings (SSSR count). The van der Waals surface area contributed by atoms with Crippen molar-refractivity contribution in [1.29, 1.82) is 0 Å². The number of anilines is 2. The molecule has 0 saturated heterocycles. The van der Waals surface area contributed by atoms with Gasteiger partial charge in [0.05, 0.1) is 5.69 Å². The van der Waals surface area contributed by atoms with Crippen LogP contribution in [0.25, 0.3) is 22.0 Å². The van der Waals surface area contributed by atoms with E-state index in [1.165, 1.54) is 19.3 Å². The van der Waals surface area contributed by atoms with Crippen LogP contribution in [0, 0.1) is 0 Å². The first-order valence-electron chi connectivity index (χ1n) is 12.5. The molecule has 1 aliphatic rings. The molecule has 0 radical (unpaired) electrons. The van der Waals surface area contributed by atoms with Gasteiger partial charge in [-0.15, -0.1) is 10.2 Å². The lowest BCUT2D eigenvalue weighted by molar-refractivity contribution is 0.102. The fraction of sp³-hybridized carbons (Fsp3) is 0.321. The number of benzene rings is 2. The fourth-order valence-corrected chi connectivity index (χ4v) is 5.11. The lowest BCUT2D eigenvalue weighted by Gasteiger charge is -2.21. The van der Waals surface area contributed by atoms with E-state index in [-0.39, 0.29) is 5.91 Å². The Hall–Kier alpha value is -3.69. The predicted octanol–water partition coefficient (Wildman–Crippen LogP) is 5.18. The van der Waals surface area contributed by atoms with Crippen LogP contribution in [0.4, 0.5) is 11.5 Å². The zero-order valence-corrected chi connectivity index (χ0v) is 22.2. The number of carbonyl (C=O) groups excluding carboxylic acids is 1. The van der Waals surface area contributed by atoms with Gasteiger partial charge in [0.1, 0.15) is 21.5 Å². The minimum absolute atomic E-state index is 0.293. The van der Waals surface area contributed by atoms with Crippen LogP contribution >= 0.6 is 11.3 Å². The van der Waals surface area contributed by atoms with Gasteiger partial charge in [-0.25, -0.2) is 9.97 Å². The van der Waals surface area contributed by atoms with Crippen molar-refractivity contribution in [3.05, 3.63) is 71.4 Å². The van der Waals surface area contributed by atoms with Crippen molar-refractivity contribution in [2.24, 2.45) is 0 Å².